The zero-order valence-electron chi connectivity index (χ0n) is 15.3. The van der Waals surface area contributed by atoms with Crippen molar-refractivity contribution in [2.24, 2.45) is 10.7 Å². The maximum Gasteiger partial charge on any atom is 0.191 e. The molecule has 1 fully saturated rings. The van der Waals surface area contributed by atoms with Crippen LogP contribution in [0.3, 0.4) is 0 Å². The summed E-state index contributed by atoms with van der Waals surface area (Å²) in [6.45, 7) is 4.11. The summed E-state index contributed by atoms with van der Waals surface area (Å²) in [5.41, 5.74) is 8.51. The first-order valence-corrected chi connectivity index (χ1v) is 9.08. The van der Waals surface area contributed by atoms with Gasteiger partial charge in [0.15, 0.2) is 5.96 Å². The molecule has 2 heterocycles. The van der Waals surface area contributed by atoms with Crippen molar-refractivity contribution in [1.29, 1.82) is 0 Å². The Hall–Kier alpha value is -2.47. The van der Waals surface area contributed by atoms with Crippen molar-refractivity contribution in [3.05, 3.63) is 53.2 Å². The van der Waals surface area contributed by atoms with E-state index < -0.39 is 0 Å². The van der Waals surface area contributed by atoms with Gasteiger partial charge in [-0.1, -0.05) is 11.6 Å². The summed E-state index contributed by atoms with van der Waals surface area (Å²) >= 11 is 5.96. The number of guanidine groups is 1. The highest BCUT2D eigenvalue weighted by molar-refractivity contribution is 6.30. The molecule has 0 aliphatic carbocycles. The lowest BCUT2D eigenvalue weighted by Gasteiger charge is -2.36. The number of rotatable bonds is 4. The van der Waals surface area contributed by atoms with Crippen LogP contribution in [-0.4, -0.2) is 56.1 Å². The number of nitrogens with zero attached hydrogens (tertiary/aromatic N) is 5. The number of halogens is 1. The van der Waals surface area contributed by atoms with Crippen LogP contribution in [0.2, 0.25) is 5.02 Å². The van der Waals surface area contributed by atoms with Gasteiger partial charge >= 0.3 is 0 Å². The van der Waals surface area contributed by atoms with Crippen LogP contribution >= 0.6 is 11.6 Å². The first kappa shape index (κ1) is 18.3. The Labute approximate surface area is 159 Å². The van der Waals surface area contributed by atoms with Crippen molar-refractivity contribution in [2.75, 3.05) is 50.1 Å². The van der Waals surface area contributed by atoms with E-state index in [1.807, 2.05) is 43.3 Å². The average Bonchev–Trinajstić information content (AvgIpc) is 2.67. The second-order valence-corrected chi connectivity index (χ2v) is 6.98. The number of hydrogen-bond acceptors (Lipinski definition) is 4. The van der Waals surface area contributed by atoms with Gasteiger partial charge in [-0.3, -0.25) is 0 Å². The molecule has 0 atom stereocenters. The minimum atomic E-state index is 0.562. The maximum absolute atomic E-state index is 6.21. The highest BCUT2D eigenvalue weighted by Crippen LogP contribution is 2.19. The van der Waals surface area contributed by atoms with E-state index in [0.717, 1.165) is 42.6 Å². The number of aromatic nitrogens is 1. The van der Waals surface area contributed by atoms with Gasteiger partial charge in [-0.15, -0.1) is 0 Å². The Kier molecular flexibility index (Phi) is 5.83. The molecule has 0 radical (unpaired) electrons. The van der Waals surface area contributed by atoms with E-state index in [4.69, 9.17) is 17.3 Å². The van der Waals surface area contributed by atoms with Crippen LogP contribution in [0.25, 0.3) is 0 Å². The molecule has 6 nitrogen and oxygen atoms in total. The van der Waals surface area contributed by atoms with Gasteiger partial charge in [-0.2, -0.15) is 0 Å². The molecule has 2 aromatic rings. The molecule has 1 aromatic heterocycles. The molecule has 0 amide bonds. The predicted octanol–water partition coefficient (Wildman–Crippen LogP) is 2.44. The molecular weight excluding hydrogens is 348 g/mol. The molecule has 0 unspecified atom stereocenters. The predicted molar refractivity (Wildman–Crippen MR) is 109 cm³/mol. The van der Waals surface area contributed by atoms with Gasteiger partial charge in [0.05, 0.1) is 6.54 Å². The quantitative estimate of drug-likeness (QED) is 0.659. The standard InChI is InChI=1S/C19H25ClN6/c1-24(2)18-13-15(7-8-22-18)14-23-19(21)26-11-9-25(10-12-26)17-5-3-16(20)4-6-17/h3-8,13H,9-12,14H2,1-2H3,(H2,21,23). The molecule has 1 aromatic carbocycles. The third kappa shape index (κ3) is 4.58. The Morgan fingerprint density at radius 3 is 2.50 bits per heavy atom. The summed E-state index contributed by atoms with van der Waals surface area (Å²) in [6.07, 6.45) is 1.81. The lowest BCUT2D eigenvalue weighted by atomic mass is 10.2. The summed E-state index contributed by atoms with van der Waals surface area (Å²) < 4.78 is 0. The van der Waals surface area contributed by atoms with Gasteiger partial charge in [-0.25, -0.2) is 9.98 Å². The van der Waals surface area contributed by atoms with E-state index in [1.165, 1.54) is 5.69 Å². The Morgan fingerprint density at radius 1 is 1.15 bits per heavy atom. The molecule has 0 saturated carbocycles. The minimum absolute atomic E-state index is 0.562. The number of aliphatic imine (C=N–C) groups is 1. The highest BCUT2D eigenvalue weighted by atomic mass is 35.5. The normalized spacial score (nSPS) is 15.3. The lowest BCUT2D eigenvalue weighted by molar-refractivity contribution is 0.380. The largest absolute Gasteiger partial charge is 0.370 e. The van der Waals surface area contributed by atoms with Crippen LogP contribution in [-0.2, 0) is 6.54 Å². The SMILES string of the molecule is CN(C)c1cc(CN=C(N)N2CCN(c3ccc(Cl)cc3)CC2)ccn1. The molecule has 0 spiro atoms. The van der Waals surface area contributed by atoms with E-state index in [-0.39, 0.29) is 0 Å². The number of piperazine rings is 1. The monoisotopic (exact) mass is 372 g/mol. The fourth-order valence-corrected chi connectivity index (χ4v) is 3.05. The first-order valence-electron chi connectivity index (χ1n) is 8.70. The van der Waals surface area contributed by atoms with Gasteiger partial charge < -0.3 is 20.4 Å². The molecular formula is C19H25ClN6. The number of pyridine rings is 1. The third-order valence-corrected chi connectivity index (χ3v) is 4.74. The van der Waals surface area contributed by atoms with Crippen LogP contribution in [0, 0.1) is 0 Å². The van der Waals surface area contributed by atoms with Crippen molar-refractivity contribution in [1.82, 2.24) is 9.88 Å². The molecule has 1 aliphatic heterocycles. The smallest absolute Gasteiger partial charge is 0.191 e. The first-order chi connectivity index (χ1) is 12.5. The van der Waals surface area contributed by atoms with Crippen LogP contribution in [0.1, 0.15) is 5.56 Å². The van der Waals surface area contributed by atoms with E-state index >= 15 is 0 Å². The van der Waals surface area contributed by atoms with Gasteiger partial charge in [0.25, 0.3) is 0 Å². The molecule has 7 heteroatoms. The number of anilines is 2. The molecule has 26 heavy (non-hydrogen) atoms. The molecule has 1 aliphatic rings. The Bertz CT molecular complexity index is 751. The van der Waals surface area contributed by atoms with Gasteiger partial charge in [0, 0.05) is 57.2 Å². The topological polar surface area (TPSA) is 61.0 Å². The highest BCUT2D eigenvalue weighted by Gasteiger charge is 2.18. The molecule has 2 N–H and O–H groups in total. The second-order valence-electron chi connectivity index (χ2n) is 6.54. The zero-order valence-corrected chi connectivity index (χ0v) is 16.0. The van der Waals surface area contributed by atoms with E-state index in [0.29, 0.717) is 12.5 Å². The van der Waals surface area contributed by atoms with Crippen LogP contribution in [0.4, 0.5) is 11.5 Å². The Balaban J connectivity index is 1.56. The van der Waals surface area contributed by atoms with Crippen LogP contribution < -0.4 is 15.5 Å². The zero-order chi connectivity index (χ0) is 18.5. The van der Waals surface area contributed by atoms with E-state index in [1.54, 1.807) is 6.20 Å². The van der Waals surface area contributed by atoms with Crippen LogP contribution in [0.5, 0.6) is 0 Å². The summed E-state index contributed by atoms with van der Waals surface area (Å²) in [7, 11) is 3.95. The fraction of sp³-hybridized carbons (Fsp3) is 0.368. The summed E-state index contributed by atoms with van der Waals surface area (Å²) in [6, 6.07) is 12.0. The second kappa shape index (κ2) is 8.27. The average molecular weight is 373 g/mol. The third-order valence-electron chi connectivity index (χ3n) is 4.49. The Morgan fingerprint density at radius 2 is 1.85 bits per heavy atom. The van der Waals surface area contributed by atoms with Crippen molar-refractivity contribution >= 4 is 29.1 Å². The minimum Gasteiger partial charge on any atom is -0.370 e. The number of hydrogen-bond donors (Lipinski definition) is 1. The van der Waals surface area contributed by atoms with Crippen molar-refractivity contribution in [2.45, 2.75) is 6.54 Å². The van der Waals surface area contributed by atoms with Crippen molar-refractivity contribution < 1.29 is 0 Å². The number of benzene rings is 1. The molecule has 0 bridgehead atoms. The lowest BCUT2D eigenvalue weighted by Crippen LogP contribution is -2.51. The van der Waals surface area contributed by atoms with Gasteiger partial charge in [0.1, 0.15) is 5.82 Å². The van der Waals surface area contributed by atoms with E-state index in [2.05, 4.69) is 31.9 Å². The fourth-order valence-electron chi connectivity index (χ4n) is 2.92. The van der Waals surface area contributed by atoms with Crippen molar-refractivity contribution in [3.63, 3.8) is 0 Å². The van der Waals surface area contributed by atoms with Crippen LogP contribution in [0.15, 0.2) is 47.6 Å². The molecule has 3 rings (SSSR count). The summed E-state index contributed by atoms with van der Waals surface area (Å²) in [4.78, 5) is 15.3. The number of nitrogens with two attached hydrogens (primary N) is 1. The van der Waals surface area contributed by atoms with Gasteiger partial charge in [0.2, 0.25) is 0 Å². The maximum atomic E-state index is 6.21. The van der Waals surface area contributed by atoms with E-state index in [9.17, 15) is 0 Å². The summed E-state index contributed by atoms with van der Waals surface area (Å²) in [5, 5.41) is 0.761. The summed E-state index contributed by atoms with van der Waals surface area (Å²) in [5.74, 6) is 1.52. The van der Waals surface area contributed by atoms with Gasteiger partial charge in [-0.05, 0) is 42.0 Å². The molecule has 138 valence electrons. The molecule has 1 saturated heterocycles. The van der Waals surface area contributed by atoms with Crippen molar-refractivity contribution in [3.8, 4) is 0 Å².